The lowest BCUT2D eigenvalue weighted by atomic mass is 10.2. The first-order chi connectivity index (χ1) is 3.34. The predicted octanol–water partition coefficient (Wildman–Crippen LogP) is -1.13. The molecule has 0 aromatic rings. The fraction of sp³-hybridized carbons (Fsp3) is 0.250. The topological polar surface area (TPSA) is 46.2 Å². The summed E-state index contributed by atoms with van der Waals surface area (Å²) in [6, 6.07) is 0. The Labute approximate surface area is 40.0 Å². The van der Waals surface area contributed by atoms with Crippen molar-refractivity contribution >= 4 is 11.8 Å². The number of carbonyl (C=O) groups excluding carboxylic acids is 2. The SMILES string of the molecule is O=C=C1CNC1=O. The van der Waals surface area contributed by atoms with Crippen molar-refractivity contribution in [2.24, 2.45) is 0 Å². The number of β-lactam (4-membered cyclic amide) rings is 1. The van der Waals surface area contributed by atoms with E-state index in [1.54, 1.807) is 0 Å². The van der Waals surface area contributed by atoms with Gasteiger partial charge >= 0.3 is 0 Å². The molecule has 7 heavy (non-hydrogen) atoms. The Hall–Kier alpha value is -1.08. The first-order valence-corrected chi connectivity index (χ1v) is 1.87. The van der Waals surface area contributed by atoms with Crippen molar-refractivity contribution in [1.82, 2.24) is 5.32 Å². The molecule has 0 aromatic carbocycles. The fourth-order valence-electron chi connectivity index (χ4n) is 0.331. The summed E-state index contributed by atoms with van der Waals surface area (Å²) in [7, 11) is 0. The fourth-order valence-corrected chi connectivity index (χ4v) is 0.331. The lowest BCUT2D eigenvalue weighted by molar-refractivity contribution is -0.120. The van der Waals surface area contributed by atoms with E-state index in [9.17, 15) is 9.59 Å². The second kappa shape index (κ2) is 1.21. The van der Waals surface area contributed by atoms with E-state index in [2.05, 4.69) is 5.32 Å². The van der Waals surface area contributed by atoms with Gasteiger partial charge in [-0.2, -0.15) is 0 Å². The molecular weight excluding hydrogens is 94.0 g/mol. The van der Waals surface area contributed by atoms with E-state index in [0.717, 1.165) is 0 Å². The van der Waals surface area contributed by atoms with E-state index in [0.29, 0.717) is 6.54 Å². The Morgan fingerprint density at radius 1 is 1.71 bits per heavy atom. The lowest BCUT2D eigenvalue weighted by Gasteiger charge is -2.11. The Kier molecular flexibility index (Phi) is 0.704. The minimum Gasteiger partial charge on any atom is -0.347 e. The van der Waals surface area contributed by atoms with Gasteiger partial charge < -0.3 is 5.32 Å². The number of rotatable bonds is 0. The summed E-state index contributed by atoms with van der Waals surface area (Å²) in [5, 5.41) is 2.37. The van der Waals surface area contributed by atoms with Crippen molar-refractivity contribution in [3.8, 4) is 0 Å². The van der Waals surface area contributed by atoms with Gasteiger partial charge in [-0.1, -0.05) is 0 Å². The Balaban J connectivity index is 2.79. The number of nitrogens with one attached hydrogen (secondary N) is 1. The molecule has 1 N–H and O–H groups in total. The van der Waals surface area contributed by atoms with Crippen LogP contribution in [-0.4, -0.2) is 18.4 Å². The molecular formula is C4H3NO2. The number of carbonyl (C=O) groups is 1. The van der Waals surface area contributed by atoms with Crippen LogP contribution >= 0.6 is 0 Å². The van der Waals surface area contributed by atoms with Gasteiger partial charge in [-0.3, -0.25) is 4.79 Å². The first kappa shape index (κ1) is 4.09. The minimum atomic E-state index is -0.282. The summed E-state index contributed by atoms with van der Waals surface area (Å²) in [5.74, 6) is 1.22. The molecule has 3 nitrogen and oxygen atoms in total. The summed E-state index contributed by atoms with van der Waals surface area (Å²) in [4.78, 5) is 19.6. The number of hydrogen-bond acceptors (Lipinski definition) is 2. The Bertz CT molecular complexity index is 155. The molecule has 1 aliphatic rings. The number of hydrogen-bond donors (Lipinski definition) is 1. The van der Waals surface area contributed by atoms with Gasteiger partial charge in [0.2, 0.25) is 0 Å². The summed E-state index contributed by atoms with van der Waals surface area (Å²) in [5.41, 5.74) is 0.222. The lowest BCUT2D eigenvalue weighted by Crippen LogP contribution is -2.41. The molecule has 1 saturated heterocycles. The first-order valence-electron chi connectivity index (χ1n) is 1.87. The average molecular weight is 97.1 g/mol. The molecule has 0 aromatic heterocycles. The molecule has 1 heterocycles. The molecule has 0 radical (unpaired) electrons. The van der Waals surface area contributed by atoms with Crippen LogP contribution in [0.1, 0.15) is 0 Å². The normalized spacial score (nSPS) is 17.1. The van der Waals surface area contributed by atoms with E-state index in [1.165, 1.54) is 5.94 Å². The molecule has 0 unspecified atom stereocenters. The van der Waals surface area contributed by atoms with Crippen LogP contribution < -0.4 is 5.32 Å². The van der Waals surface area contributed by atoms with Gasteiger partial charge in [0.25, 0.3) is 5.91 Å². The highest BCUT2D eigenvalue weighted by atomic mass is 16.2. The third kappa shape index (κ3) is 0.426. The Morgan fingerprint density at radius 3 is 2.43 bits per heavy atom. The van der Waals surface area contributed by atoms with Gasteiger partial charge in [-0.15, -0.1) is 0 Å². The third-order valence-electron chi connectivity index (χ3n) is 0.823. The highest BCUT2D eigenvalue weighted by Crippen LogP contribution is 1.94. The van der Waals surface area contributed by atoms with Crippen molar-refractivity contribution < 1.29 is 9.59 Å². The highest BCUT2D eigenvalue weighted by Gasteiger charge is 2.19. The van der Waals surface area contributed by atoms with Crippen LogP contribution in [0.5, 0.6) is 0 Å². The zero-order valence-electron chi connectivity index (χ0n) is 3.52. The second-order valence-electron chi connectivity index (χ2n) is 1.26. The smallest absolute Gasteiger partial charge is 0.260 e. The molecule has 1 aliphatic heterocycles. The standard InChI is InChI=1S/C4H3NO2/c6-2-3-1-5-4(3)7/h1H2,(H,5,7). The molecule has 36 valence electrons. The van der Waals surface area contributed by atoms with E-state index in [-0.39, 0.29) is 11.5 Å². The maximum atomic E-state index is 10.1. The second-order valence-corrected chi connectivity index (χ2v) is 1.26. The molecule has 0 atom stereocenters. The van der Waals surface area contributed by atoms with Crippen molar-refractivity contribution in [2.75, 3.05) is 6.54 Å². The van der Waals surface area contributed by atoms with Crippen LogP contribution in [0.3, 0.4) is 0 Å². The largest absolute Gasteiger partial charge is 0.347 e. The van der Waals surface area contributed by atoms with Crippen LogP contribution in [-0.2, 0) is 9.59 Å². The molecule has 1 rings (SSSR count). The van der Waals surface area contributed by atoms with Gasteiger partial charge in [0, 0.05) is 0 Å². The zero-order valence-corrected chi connectivity index (χ0v) is 3.52. The van der Waals surface area contributed by atoms with Crippen LogP contribution in [0.4, 0.5) is 0 Å². The van der Waals surface area contributed by atoms with Crippen molar-refractivity contribution in [3.05, 3.63) is 5.57 Å². The van der Waals surface area contributed by atoms with Crippen molar-refractivity contribution in [2.45, 2.75) is 0 Å². The summed E-state index contributed by atoms with van der Waals surface area (Å²) in [6.45, 7) is 0.391. The quantitative estimate of drug-likeness (QED) is 0.236. The molecule has 0 saturated carbocycles. The van der Waals surface area contributed by atoms with Crippen LogP contribution in [0, 0.1) is 0 Å². The van der Waals surface area contributed by atoms with E-state index < -0.39 is 0 Å². The van der Waals surface area contributed by atoms with Crippen LogP contribution in [0.2, 0.25) is 0 Å². The van der Waals surface area contributed by atoms with Gasteiger partial charge in [-0.05, 0) is 0 Å². The van der Waals surface area contributed by atoms with E-state index in [1.807, 2.05) is 0 Å². The van der Waals surface area contributed by atoms with Crippen molar-refractivity contribution in [1.29, 1.82) is 0 Å². The average Bonchev–Trinajstić information content (AvgIpc) is 1.65. The molecule has 1 fully saturated rings. The Morgan fingerprint density at radius 2 is 2.43 bits per heavy atom. The minimum absolute atomic E-state index is 0.222. The maximum absolute atomic E-state index is 10.1. The van der Waals surface area contributed by atoms with Gasteiger partial charge in [0.15, 0.2) is 0 Å². The molecule has 1 amide bonds. The summed E-state index contributed by atoms with van der Waals surface area (Å²) >= 11 is 0. The van der Waals surface area contributed by atoms with Gasteiger partial charge in [0.1, 0.15) is 11.5 Å². The maximum Gasteiger partial charge on any atom is 0.260 e. The van der Waals surface area contributed by atoms with E-state index in [4.69, 9.17) is 0 Å². The van der Waals surface area contributed by atoms with Gasteiger partial charge in [0.05, 0.1) is 6.54 Å². The zero-order chi connectivity index (χ0) is 5.28. The summed E-state index contributed by atoms with van der Waals surface area (Å²) in [6.07, 6.45) is 0. The highest BCUT2D eigenvalue weighted by molar-refractivity contribution is 6.06. The third-order valence-corrected chi connectivity index (χ3v) is 0.823. The van der Waals surface area contributed by atoms with E-state index >= 15 is 0 Å². The van der Waals surface area contributed by atoms with Crippen LogP contribution in [0.15, 0.2) is 5.57 Å². The molecule has 3 heteroatoms. The molecule has 0 aliphatic carbocycles. The molecule has 0 spiro atoms. The molecule has 0 bridgehead atoms. The number of amides is 1. The summed E-state index contributed by atoms with van der Waals surface area (Å²) < 4.78 is 0. The van der Waals surface area contributed by atoms with Crippen LogP contribution in [0.25, 0.3) is 0 Å². The van der Waals surface area contributed by atoms with Gasteiger partial charge in [-0.25, -0.2) is 4.79 Å². The van der Waals surface area contributed by atoms with Crippen molar-refractivity contribution in [3.63, 3.8) is 0 Å². The monoisotopic (exact) mass is 97.0 g/mol. The predicted molar refractivity (Wildman–Crippen MR) is 22.2 cm³/mol.